The second-order valence-electron chi connectivity index (χ2n) is 5.55. The molecule has 8 nitrogen and oxygen atoms in total. The van der Waals surface area contributed by atoms with Gasteiger partial charge in [0.05, 0.1) is 12.5 Å². The van der Waals surface area contributed by atoms with Crippen LogP contribution in [0.25, 0.3) is 0 Å². The van der Waals surface area contributed by atoms with Crippen molar-refractivity contribution >= 4 is 22.1 Å². The first-order valence-electron chi connectivity index (χ1n) is 6.12. The van der Waals surface area contributed by atoms with Gasteiger partial charge in [0.2, 0.25) is 5.91 Å². The highest BCUT2D eigenvalue weighted by atomic mass is 32.2. The van der Waals surface area contributed by atoms with Crippen molar-refractivity contribution in [3.05, 3.63) is 0 Å². The predicted octanol–water partition coefficient (Wildman–Crippen LogP) is -0.469. The summed E-state index contributed by atoms with van der Waals surface area (Å²) < 4.78 is 26.8. The molecule has 1 atom stereocenters. The van der Waals surface area contributed by atoms with Gasteiger partial charge in [-0.3, -0.25) is 9.59 Å². The molecule has 0 saturated carbocycles. The molecule has 1 unspecified atom stereocenters. The van der Waals surface area contributed by atoms with E-state index in [1.54, 1.807) is 20.8 Å². The molecule has 0 aliphatic rings. The molecule has 3 N–H and O–H groups in total. The third-order valence-corrected chi connectivity index (χ3v) is 3.92. The number of carboxylic acids is 1. The van der Waals surface area contributed by atoms with Crippen LogP contribution in [0.3, 0.4) is 0 Å². The Balaban J connectivity index is 4.59. The number of carbonyl (C=O) groups excluding carboxylic acids is 1. The summed E-state index contributed by atoms with van der Waals surface area (Å²) in [6.45, 7) is 6.60. The Morgan fingerprint density at radius 2 is 1.80 bits per heavy atom. The van der Waals surface area contributed by atoms with Gasteiger partial charge in [-0.2, -0.15) is 17.4 Å². The summed E-state index contributed by atoms with van der Waals surface area (Å²) in [5, 5.41) is 11.2. The summed E-state index contributed by atoms with van der Waals surface area (Å²) in [5.74, 6) is -1.54. The number of hydrogen-bond acceptors (Lipinski definition) is 4. The number of hydrogen-bond donors (Lipinski definition) is 3. The maximum Gasteiger partial charge on any atom is 0.304 e. The molecule has 0 aromatic rings. The van der Waals surface area contributed by atoms with Crippen molar-refractivity contribution in [3.8, 4) is 0 Å². The zero-order valence-electron chi connectivity index (χ0n) is 12.4. The Morgan fingerprint density at radius 3 is 2.20 bits per heavy atom. The first-order valence-corrected chi connectivity index (χ1v) is 7.56. The topological polar surface area (TPSA) is 116 Å². The number of nitrogens with zero attached hydrogens (tertiary/aromatic N) is 1. The zero-order valence-corrected chi connectivity index (χ0v) is 13.2. The summed E-state index contributed by atoms with van der Waals surface area (Å²) in [6.07, 6.45) is -0.306. The Kier molecular flexibility index (Phi) is 6.59. The average molecular weight is 309 g/mol. The fraction of sp³-hybridized carbons (Fsp3) is 0.818. The maximum absolute atomic E-state index is 11.9. The molecule has 0 radical (unpaired) electrons. The van der Waals surface area contributed by atoms with Crippen molar-refractivity contribution in [2.45, 2.75) is 45.7 Å². The van der Waals surface area contributed by atoms with Gasteiger partial charge >= 0.3 is 5.97 Å². The fourth-order valence-corrected chi connectivity index (χ4v) is 2.28. The molecule has 1 amide bonds. The summed E-state index contributed by atoms with van der Waals surface area (Å²) in [5.41, 5.74) is -0.466. The van der Waals surface area contributed by atoms with E-state index >= 15 is 0 Å². The van der Waals surface area contributed by atoms with Crippen LogP contribution in [0.1, 0.15) is 34.1 Å². The molecule has 118 valence electrons. The highest BCUT2D eigenvalue weighted by molar-refractivity contribution is 7.87. The molecule has 0 heterocycles. The summed E-state index contributed by atoms with van der Waals surface area (Å²) in [6, 6.07) is -0.952. The van der Waals surface area contributed by atoms with Crippen molar-refractivity contribution in [3.63, 3.8) is 0 Å². The van der Waals surface area contributed by atoms with Gasteiger partial charge in [-0.15, -0.1) is 0 Å². The van der Waals surface area contributed by atoms with Gasteiger partial charge in [0.15, 0.2) is 0 Å². The van der Waals surface area contributed by atoms with Gasteiger partial charge in [0.1, 0.15) is 0 Å². The van der Waals surface area contributed by atoms with Crippen LogP contribution in [-0.4, -0.2) is 54.9 Å². The molecule has 20 heavy (non-hydrogen) atoms. The van der Waals surface area contributed by atoms with Crippen molar-refractivity contribution in [2.24, 2.45) is 0 Å². The summed E-state index contributed by atoms with van der Waals surface area (Å²) in [7, 11) is -2.65. The molecule has 0 spiro atoms. The maximum atomic E-state index is 11.9. The highest BCUT2D eigenvalue weighted by Crippen LogP contribution is 2.02. The third kappa shape index (κ3) is 7.41. The van der Waals surface area contributed by atoms with Crippen LogP contribution < -0.4 is 10.0 Å². The van der Waals surface area contributed by atoms with Gasteiger partial charge < -0.3 is 10.4 Å². The van der Waals surface area contributed by atoms with Gasteiger partial charge in [0, 0.05) is 19.1 Å². The summed E-state index contributed by atoms with van der Waals surface area (Å²) >= 11 is 0. The minimum absolute atomic E-state index is 0.168. The standard InChI is InChI=1S/C11H23N3O5S/c1-8(10(17)12-11(2,3)4)13-20(18,19)14(5)7-6-9(15)16/h8,13H,6-7H2,1-5H3,(H,12,17)(H,15,16). The molecule has 0 aliphatic carbocycles. The van der Waals surface area contributed by atoms with Gasteiger partial charge in [-0.25, -0.2) is 0 Å². The van der Waals surface area contributed by atoms with Crippen molar-refractivity contribution in [2.75, 3.05) is 13.6 Å². The van der Waals surface area contributed by atoms with Crippen molar-refractivity contribution in [1.82, 2.24) is 14.3 Å². The summed E-state index contributed by atoms with van der Waals surface area (Å²) in [4.78, 5) is 22.2. The number of carboxylic acid groups (broad SMARTS) is 1. The second kappa shape index (κ2) is 7.00. The number of amides is 1. The van der Waals surface area contributed by atoms with E-state index in [0.29, 0.717) is 0 Å². The number of aliphatic carboxylic acids is 1. The van der Waals surface area contributed by atoms with E-state index < -0.39 is 33.7 Å². The van der Waals surface area contributed by atoms with Crippen LogP contribution in [0.2, 0.25) is 0 Å². The lowest BCUT2D eigenvalue weighted by Gasteiger charge is -2.25. The molecular formula is C11H23N3O5S. The van der Waals surface area contributed by atoms with Crippen LogP contribution in [0, 0.1) is 0 Å². The van der Waals surface area contributed by atoms with E-state index in [-0.39, 0.29) is 13.0 Å². The quantitative estimate of drug-likeness (QED) is 0.588. The van der Waals surface area contributed by atoms with Crippen LogP contribution in [0.15, 0.2) is 0 Å². The van der Waals surface area contributed by atoms with Gasteiger partial charge in [-0.05, 0) is 27.7 Å². The van der Waals surface area contributed by atoms with Crippen LogP contribution >= 0.6 is 0 Å². The Labute approximate surface area is 119 Å². The normalized spacial score (nSPS) is 14.1. The number of rotatable bonds is 7. The average Bonchev–Trinajstić information content (AvgIpc) is 2.22. The molecule has 0 aromatic heterocycles. The molecule has 0 bridgehead atoms. The lowest BCUT2D eigenvalue weighted by Crippen LogP contribution is -2.53. The van der Waals surface area contributed by atoms with E-state index in [1.165, 1.54) is 14.0 Å². The highest BCUT2D eigenvalue weighted by Gasteiger charge is 2.26. The Hall–Kier alpha value is -1.19. The third-order valence-electron chi connectivity index (χ3n) is 2.27. The first kappa shape index (κ1) is 18.8. The van der Waals surface area contributed by atoms with Crippen LogP contribution in [0.4, 0.5) is 0 Å². The monoisotopic (exact) mass is 309 g/mol. The largest absolute Gasteiger partial charge is 0.481 e. The van der Waals surface area contributed by atoms with E-state index in [2.05, 4.69) is 10.0 Å². The zero-order chi connectivity index (χ0) is 16.1. The van der Waals surface area contributed by atoms with Crippen LogP contribution in [0.5, 0.6) is 0 Å². The Bertz CT molecular complexity index is 455. The first-order chi connectivity index (χ1) is 8.85. The second-order valence-corrected chi connectivity index (χ2v) is 7.36. The van der Waals surface area contributed by atoms with E-state index in [9.17, 15) is 18.0 Å². The van der Waals surface area contributed by atoms with Crippen molar-refractivity contribution in [1.29, 1.82) is 0 Å². The van der Waals surface area contributed by atoms with Crippen LogP contribution in [-0.2, 0) is 19.8 Å². The number of carbonyl (C=O) groups is 2. The van der Waals surface area contributed by atoms with E-state index in [1.807, 2.05) is 0 Å². The minimum atomic E-state index is -3.90. The smallest absolute Gasteiger partial charge is 0.304 e. The molecule has 0 aliphatic heterocycles. The van der Waals surface area contributed by atoms with Gasteiger partial charge in [0.25, 0.3) is 10.2 Å². The van der Waals surface area contributed by atoms with Gasteiger partial charge in [-0.1, -0.05) is 0 Å². The van der Waals surface area contributed by atoms with E-state index in [0.717, 1.165) is 4.31 Å². The predicted molar refractivity (Wildman–Crippen MR) is 74.3 cm³/mol. The molecule has 0 aromatic carbocycles. The molecule has 0 fully saturated rings. The molecule has 9 heteroatoms. The lowest BCUT2D eigenvalue weighted by molar-refractivity contribution is -0.137. The SMILES string of the molecule is CC(NS(=O)(=O)N(C)CCC(=O)O)C(=O)NC(C)(C)C. The fourth-order valence-electron chi connectivity index (χ4n) is 1.22. The number of nitrogens with one attached hydrogen (secondary N) is 2. The van der Waals surface area contributed by atoms with E-state index in [4.69, 9.17) is 5.11 Å². The molecule has 0 rings (SSSR count). The molecular weight excluding hydrogens is 286 g/mol. The van der Waals surface area contributed by atoms with Crippen molar-refractivity contribution < 1.29 is 23.1 Å². The Morgan fingerprint density at radius 1 is 1.30 bits per heavy atom. The lowest BCUT2D eigenvalue weighted by atomic mass is 10.1. The minimum Gasteiger partial charge on any atom is -0.481 e. The molecule has 0 saturated heterocycles.